The van der Waals surface area contributed by atoms with Crippen molar-refractivity contribution < 1.29 is 19.6 Å². The number of nitrogens with zero attached hydrogens (tertiary/aromatic N) is 1. The summed E-state index contributed by atoms with van der Waals surface area (Å²) in [4.78, 5) is 33.9. The van der Waals surface area contributed by atoms with E-state index in [-0.39, 0.29) is 24.7 Å². The SMILES string of the molecule is O=C(CNC(=O)c1cccs1)NC[C@H](O)c1ccc([N+](=O)[O-])cc1. The van der Waals surface area contributed by atoms with Gasteiger partial charge in [-0.25, -0.2) is 0 Å². The van der Waals surface area contributed by atoms with E-state index < -0.39 is 16.9 Å². The van der Waals surface area contributed by atoms with E-state index in [1.807, 2.05) is 0 Å². The molecule has 24 heavy (non-hydrogen) atoms. The number of benzene rings is 1. The van der Waals surface area contributed by atoms with Crippen molar-refractivity contribution in [2.75, 3.05) is 13.1 Å². The quantitative estimate of drug-likeness (QED) is 0.513. The summed E-state index contributed by atoms with van der Waals surface area (Å²) in [5, 5.41) is 27.2. The molecule has 1 aromatic heterocycles. The van der Waals surface area contributed by atoms with Crippen LogP contribution in [0.5, 0.6) is 0 Å². The van der Waals surface area contributed by atoms with Gasteiger partial charge in [-0.3, -0.25) is 19.7 Å². The molecule has 0 radical (unpaired) electrons. The summed E-state index contributed by atoms with van der Waals surface area (Å²) in [6.45, 7) is -0.269. The Labute approximate surface area is 141 Å². The van der Waals surface area contributed by atoms with Crippen molar-refractivity contribution in [2.24, 2.45) is 0 Å². The highest BCUT2D eigenvalue weighted by Crippen LogP contribution is 2.17. The summed E-state index contributed by atoms with van der Waals surface area (Å²) in [7, 11) is 0. The number of nitro groups is 1. The van der Waals surface area contributed by atoms with Crippen LogP contribution in [0.15, 0.2) is 41.8 Å². The standard InChI is InChI=1S/C15H15N3O5S/c19-12(10-3-5-11(6-4-10)18(22)23)8-16-14(20)9-17-15(21)13-2-1-7-24-13/h1-7,12,19H,8-9H2,(H,16,20)(H,17,21)/t12-/m0/s1. The summed E-state index contributed by atoms with van der Waals surface area (Å²) in [6, 6.07) is 8.79. The molecular weight excluding hydrogens is 334 g/mol. The van der Waals surface area contributed by atoms with E-state index in [2.05, 4.69) is 10.6 Å². The monoisotopic (exact) mass is 349 g/mol. The van der Waals surface area contributed by atoms with Gasteiger partial charge in [0.2, 0.25) is 5.91 Å². The maximum atomic E-state index is 11.7. The highest BCUT2D eigenvalue weighted by atomic mass is 32.1. The molecule has 126 valence electrons. The highest BCUT2D eigenvalue weighted by Gasteiger charge is 2.13. The van der Waals surface area contributed by atoms with E-state index in [0.29, 0.717) is 10.4 Å². The molecule has 0 aliphatic rings. The fraction of sp³-hybridized carbons (Fsp3) is 0.200. The Morgan fingerprint density at radius 3 is 2.50 bits per heavy atom. The molecule has 0 bridgehead atoms. The van der Waals surface area contributed by atoms with E-state index >= 15 is 0 Å². The molecule has 0 saturated carbocycles. The van der Waals surface area contributed by atoms with Crippen LogP contribution in [0.1, 0.15) is 21.3 Å². The number of nitrogens with one attached hydrogen (secondary N) is 2. The highest BCUT2D eigenvalue weighted by molar-refractivity contribution is 7.12. The third-order valence-corrected chi connectivity index (χ3v) is 4.00. The molecule has 2 amide bonds. The zero-order valence-electron chi connectivity index (χ0n) is 12.5. The largest absolute Gasteiger partial charge is 0.387 e. The van der Waals surface area contributed by atoms with Crippen LogP contribution in [-0.4, -0.2) is 34.9 Å². The first kappa shape index (κ1) is 17.6. The zero-order valence-corrected chi connectivity index (χ0v) is 13.3. The lowest BCUT2D eigenvalue weighted by atomic mass is 10.1. The number of aliphatic hydroxyl groups is 1. The zero-order chi connectivity index (χ0) is 17.5. The van der Waals surface area contributed by atoms with Gasteiger partial charge < -0.3 is 15.7 Å². The molecule has 0 unspecified atom stereocenters. The first-order chi connectivity index (χ1) is 11.5. The maximum Gasteiger partial charge on any atom is 0.269 e. The van der Waals surface area contributed by atoms with E-state index in [1.165, 1.54) is 35.6 Å². The first-order valence-corrected chi connectivity index (χ1v) is 7.86. The molecule has 1 atom stereocenters. The van der Waals surface area contributed by atoms with E-state index in [9.17, 15) is 24.8 Å². The van der Waals surface area contributed by atoms with Gasteiger partial charge in [0.25, 0.3) is 11.6 Å². The van der Waals surface area contributed by atoms with E-state index in [4.69, 9.17) is 0 Å². The number of rotatable bonds is 7. The van der Waals surface area contributed by atoms with Crippen molar-refractivity contribution in [3.8, 4) is 0 Å². The van der Waals surface area contributed by atoms with E-state index in [1.54, 1.807) is 17.5 Å². The second kappa shape index (κ2) is 8.18. The predicted octanol–water partition coefficient (Wildman–Crippen LogP) is 1.24. The lowest BCUT2D eigenvalue weighted by Gasteiger charge is -2.12. The van der Waals surface area contributed by atoms with Gasteiger partial charge in [0.1, 0.15) is 0 Å². The normalized spacial score (nSPS) is 11.5. The fourth-order valence-corrected chi connectivity index (χ4v) is 2.50. The number of non-ortho nitro benzene ring substituents is 1. The number of hydrogen-bond acceptors (Lipinski definition) is 6. The van der Waals surface area contributed by atoms with E-state index in [0.717, 1.165) is 0 Å². The molecular formula is C15H15N3O5S. The Hall–Kier alpha value is -2.78. The van der Waals surface area contributed by atoms with Crippen LogP contribution in [0.25, 0.3) is 0 Å². The van der Waals surface area contributed by atoms with Gasteiger partial charge in [0.15, 0.2) is 0 Å². The molecule has 2 rings (SSSR count). The van der Waals surface area contributed by atoms with Gasteiger partial charge in [-0.2, -0.15) is 0 Å². The number of nitro benzene ring substituents is 1. The molecule has 8 nitrogen and oxygen atoms in total. The summed E-state index contributed by atoms with van der Waals surface area (Å²) < 4.78 is 0. The number of carbonyl (C=O) groups is 2. The summed E-state index contributed by atoms with van der Waals surface area (Å²) in [6.07, 6.45) is -0.997. The lowest BCUT2D eigenvalue weighted by Crippen LogP contribution is -2.38. The third kappa shape index (κ3) is 4.86. The van der Waals surface area contributed by atoms with Crippen molar-refractivity contribution in [3.63, 3.8) is 0 Å². The van der Waals surface area contributed by atoms with Crippen molar-refractivity contribution >= 4 is 28.8 Å². The van der Waals surface area contributed by atoms with Gasteiger partial charge in [0.05, 0.1) is 22.4 Å². The molecule has 9 heteroatoms. The Morgan fingerprint density at radius 1 is 1.21 bits per heavy atom. The minimum absolute atomic E-state index is 0.0640. The summed E-state index contributed by atoms with van der Waals surface area (Å²) in [5.41, 5.74) is 0.370. The fourth-order valence-electron chi connectivity index (χ4n) is 1.86. The lowest BCUT2D eigenvalue weighted by molar-refractivity contribution is -0.384. The molecule has 1 heterocycles. The van der Waals surface area contributed by atoms with Crippen LogP contribution in [0.4, 0.5) is 5.69 Å². The minimum atomic E-state index is -0.997. The molecule has 3 N–H and O–H groups in total. The summed E-state index contributed by atoms with van der Waals surface area (Å²) in [5.74, 6) is -0.781. The number of carbonyl (C=O) groups excluding carboxylic acids is 2. The van der Waals surface area contributed by atoms with Crippen LogP contribution in [0, 0.1) is 10.1 Å². The van der Waals surface area contributed by atoms with Crippen molar-refractivity contribution in [2.45, 2.75) is 6.10 Å². The minimum Gasteiger partial charge on any atom is -0.387 e. The first-order valence-electron chi connectivity index (χ1n) is 6.98. The number of hydrogen-bond donors (Lipinski definition) is 3. The van der Waals surface area contributed by atoms with Gasteiger partial charge >= 0.3 is 0 Å². The number of thiophene rings is 1. The summed E-state index contributed by atoms with van der Waals surface area (Å²) >= 11 is 1.27. The van der Waals surface area contributed by atoms with Gasteiger partial charge in [-0.05, 0) is 29.1 Å². The van der Waals surface area contributed by atoms with Crippen molar-refractivity contribution in [3.05, 3.63) is 62.3 Å². The van der Waals surface area contributed by atoms with Gasteiger partial charge in [-0.1, -0.05) is 6.07 Å². The maximum absolute atomic E-state index is 11.7. The topological polar surface area (TPSA) is 122 Å². The molecule has 0 aliphatic heterocycles. The second-order valence-corrected chi connectivity index (χ2v) is 5.78. The van der Waals surface area contributed by atoms with Crippen LogP contribution in [-0.2, 0) is 4.79 Å². The third-order valence-electron chi connectivity index (χ3n) is 3.14. The second-order valence-electron chi connectivity index (χ2n) is 4.83. The Balaban J connectivity index is 1.76. The van der Waals surface area contributed by atoms with Crippen LogP contribution in [0.2, 0.25) is 0 Å². The van der Waals surface area contributed by atoms with Crippen molar-refractivity contribution in [1.82, 2.24) is 10.6 Å². The molecule has 0 spiro atoms. The smallest absolute Gasteiger partial charge is 0.269 e. The molecule has 1 aromatic carbocycles. The van der Waals surface area contributed by atoms with Crippen molar-refractivity contribution in [1.29, 1.82) is 0 Å². The predicted molar refractivity (Wildman–Crippen MR) is 87.7 cm³/mol. The Bertz CT molecular complexity index is 715. The van der Waals surface area contributed by atoms with Gasteiger partial charge in [-0.15, -0.1) is 11.3 Å². The number of aliphatic hydroxyl groups excluding tert-OH is 1. The molecule has 2 aromatic rings. The van der Waals surface area contributed by atoms with Crippen LogP contribution < -0.4 is 10.6 Å². The molecule has 0 aliphatic carbocycles. The van der Waals surface area contributed by atoms with Gasteiger partial charge in [0, 0.05) is 18.7 Å². The van der Waals surface area contributed by atoms with Crippen LogP contribution >= 0.6 is 11.3 Å². The molecule has 0 fully saturated rings. The number of amides is 2. The van der Waals surface area contributed by atoms with Crippen LogP contribution in [0.3, 0.4) is 0 Å². The Morgan fingerprint density at radius 2 is 1.92 bits per heavy atom. The Kier molecular flexibility index (Phi) is 5.99. The molecule has 0 saturated heterocycles. The average molecular weight is 349 g/mol. The average Bonchev–Trinajstić information content (AvgIpc) is 3.12.